The number of hydrogen-bond acceptors (Lipinski definition) is 3. The molecule has 5 nitrogen and oxygen atoms in total. The molecule has 0 bridgehead atoms. The van der Waals surface area contributed by atoms with Crippen LogP contribution in [0.25, 0.3) is 0 Å². The van der Waals surface area contributed by atoms with Crippen LogP contribution in [0, 0.1) is 20.8 Å². The van der Waals surface area contributed by atoms with Crippen molar-refractivity contribution in [1.82, 2.24) is 9.62 Å². The van der Waals surface area contributed by atoms with Crippen LogP contribution in [0.4, 0.5) is 0 Å². The van der Waals surface area contributed by atoms with Crippen molar-refractivity contribution in [1.29, 1.82) is 0 Å². The molecular weight excluding hydrogens is 396 g/mol. The van der Waals surface area contributed by atoms with Gasteiger partial charge < -0.3 is 5.32 Å². The molecule has 30 heavy (non-hydrogen) atoms. The Kier molecular flexibility index (Phi) is 6.98. The molecule has 0 radical (unpaired) electrons. The molecule has 6 heteroatoms. The maximum Gasteiger partial charge on any atom is 0.251 e. The second kappa shape index (κ2) is 9.31. The highest BCUT2D eigenvalue weighted by Gasteiger charge is 2.24. The van der Waals surface area contributed by atoms with Gasteiger partial charge in [0, 0.05) is 18.7 Å². The third kappa shape index (κ3) is 5.29. The van der Waals surface area contributed by atoms with Crippen LogP contribution in [0.15, 0.2) is 36.4 Å². The zero-order valence-corrected chi connectivity index (χ0v) is 19.2. The topological polar surface area (TPSA) is 66.5 Å². The minimum atomic E-state index is -3.30. The van der Waals surface area contributed by atoms with E-state index in [4.69, 9.17) is 0 Å². The number of rotatable bonds is 6. The molecule has 0 unspecified atom stereocenters. The van der Waals surface area contributed by atoms with E-state index in [-0.39, 0.29) is 17.7 Å². The van der Waals surface area contributed by atoms with Crippen molar-refractivity contribution in [3.05, 3.63) is 69.8 Å². The molecule has 0 aliphatic carbocycles. The largest absolute Gasteiger partial charge is 0.346 e. The number of amides is 1. The Bertz CT molecular complexity index is 1010. The Balaban J connectivity index is 1.65. The Morgan fingerprint density at radius 3 is 2.20 bits per heavy atom. The molecular formula is C24H32N2O3S. The predicted molar refractivity (Wildman–Crippen MR) is 121 cm³/mol. The molecule has 3 rings (SSSR count). The fourth-order valence-electron chi connectivity index (χ4n) is 4.00. The minimum Gasteiger partial charge on any atom is -0.346 e. The van der Waals surface area contributed by atoms with Crippen molar-refractivity contribution in [2.45, 2.75) is 58.8 Å². The monoisotopic (exact) mass is 428 g/mol. The van der Waals surface area contributed by atoms with E-state index >= 15 is 0 Å². The molecule has 1 atom stereocenters. The first-order chi connectivity index (χ1) is 14.2. The Hall–Kier alpha value is -2.18. The van der Waals surface area contributed by atoms with Crippen molar-refractivity contribution < 1.29 is 13.2 Å². The van der Waals surface area contributed by atoms with E-state index in [0.29, 0.717) is 24.2 Å². The Labute approximate surface area is 180 Å². The van der Waals surface area contributed by atoms with Gasteiger partial charge in [-0.2, -0.15) is 0 Å². The zero-order chi connectivity index (χ0) is 21.9. The van der Waals surface area contributed by atoms with Crippen LogP contribution in [0.2, 0.25) is 0 Å². The van der Waals surface area contributed by atoms with E-state index in [2.05, 4.69) is 38.2 Å². The van der Waals surface area contributed by atoms with Crippen LogP contribution in [0.5, 0.6) is 0 Å². The predicted octanol–water partition coefficient (Wildman–Crippen LogP) is 4.42. The summed E-state index contributed by atoms with van der Waals surface area (Å²) in [6.45, 7) is 9.42. The fraction of sp³-hybridized carbons (Fsp3) is 0.458. The lowest BCUT2D eigenvalue weighted by atomic mass is 9.96. The van der Waals surface area contributed by atoms with Gasteiger partial charge in [-0.25, -0.2) is 12.7 Å². The summed E-state index contributed by atoms with van der Waals surface area (Å²) in [6, 6.07) is 11.0. The summed E-state index contributed by atoms with van der Waals surface area (Å²) in [6.07, 6.45) is 2.95. The SMILES string of the molecule is Cc1cc(C)c([C@@H](C)NC(=O)c2ccc(CS(=O)(=O)N3CCCCC3)cc2)cc1C. The van der Waals surface area contributed by atoms with Crippen molar-refractivity contribution >= 4 is 15.9 Å². The summed E-state index contributed by atoms with van der Waals surface area (Å²) in [5.41, 5.74) is 5.94. The highest BCUT2D eigenvalue weighted by molar-refractivity contribution is 7.88. The molecule has 2 aromatic carbocycles. The molecule has 1 amide bonds. The van der Waals surface area contributed by atoms with Gasteiger partial charge in [0.1, 0.15) is 0 Å². The van der Waals surface area contributed by atoms with E-state index in [9.17, 15) is 13.2 Å². The summed E-state index contributed by atoms with van der Waals surface area (Å²) in [5, 5.41) is 3.05. The molecule has 1 aliphatic rings. The molecule has 0 aromatic heterocycles. The molecule has 1 N–H and O–H groups in total. The minimum absolute atomic E-state index is 0.0207. The van der Waals surface area contributed by atoms with E-state index in [0.717, 1.165) is 30.4 Å². The second-order valence-corrected chi connectivity index (χ2v) is 10.4. The van der Waals surface area contributed by atoms with Crippen LogP contribution >= 0.6 is 0 Å². The van der Waals surface area contributed by atoms with Gasteiger partial charge in [-0.05, 0) is 80.5 Å². The number of hydrogen-bond donors (Lipinski definition) is 1. The Morgan fingerprint density at radius 1 is 0.967 bits per heavy atom. The quantitative estimate of drug-likeness (QED) is 0.741. The molecule has 2 aromatic rings. The maximum absolute atomic E-state index is 12.7. The molecule has 1 saturated heterocycles. The van der Waals surface area contributed by atoms with Gasteiger partial charge in [0.05, 0.1) is 11.8 Å². The number of carbonyl (C=O) groups excluding carboxylic acids is 1. The van der Waals surface area contributed by atoms with Gasteiger partial charge in [-0.3, -0.25) is 4.79 Å². The van der Waals surface area contributed by atoms with Crippen molar-refractivity contribution in [3.8, 4) is 0 Å². The Morgan fingerprint density at radius 2 is 1.57 bits per heavy atom. The third-order valence-corrected chi connectivity index (χ3v) is 7.82. The van der Waals surface area contributed by atoms with Gasteiger partial charge in [-0.15, -0.1) is 0 Å². The molecule has 0 saturated carbocycles. The lowest BCUT2D eigenvalue weighted by molar-refractivity contribution is 0.0940. The van der Waals surface area contributed by atoms with Gasteiger partial charge >= 0.3 is 0 Å². The normalized spacial score (nSPS) is 16.3. The standard InChI is InChI=1S/C24H32N2O3S/c1-17-14-19(3)23(15-18(17)2)20(4)25-24(27)22-10-8-21(9-11-22)16-30(28,29)26-12-6-5-7-13-26/h8-11,14-15,20H,5-7,12-13,16H2,1-4H3,(H,25,27)/t20-/m1/s1. The van der Waals surface area contributed by atoms with Crippen LogP contribution in [-0.2, 0) is 15.8 Å². The lowest BCUT2D eigenvalue weighted by Crippen LogP contribution is -2.36. The van der Waals surface area contributed by atoms with Gasteiger partial charge in [0.25, 0.3) is 5.91 Å². The first kappa shape index (κ1) is 22.5. The number of aryl methyl sites for hydroxylation is 3. The molecule has 162 valence electrons. The van der Waals surface area contributed by atoms with Crippen LogP contribution in [0.3, 0.4) is 0 Å². The first-order valence-corrected chi connectivity index (χ1v) is 12.2. The van der Waals surface area contributed by atoms with E-state index in [1.54, 1.807) is 28.6 Å². The summed E-state index contributed by atoms with van der Waals surface area (Å²) < 4.78 is 26.8. The highest BCUT2D eigenvalue weighted by Crippen LogP contribution is 2.22. The number of sulfonamides is 1. The van der Waals surface area contributed by atoms with Gasteiger partial charge in [0.2, 0.25) is 10.0 Å². The summed E-state index contributed by atoms with van der Waals surface area (Å²) in [7, 11) is -3.30. The van der Waals surface area contributed by atoms with Crippen molar-refractivity contribution in [3.63, 3.8) is 0 Å². The second-order valence-electron chi connectivity index (χ2n) is 8.40. The molecule has 1 fully saturated rings. The zero-order valence-electron chi connectivity index (χ0n) is 18.4. The number of nitrogens with zero attached hydrogens (tertiary/aromatic N) is 1. The van der Waals surface area contributed by atoms with Crippen LogP contribution in [0.1, 0.15) is 70.4 Å². The van der Waals surface area contributed by atoms with E-state index < -0.39 is 10.0 Å². The van der Waals surface area contributed by atoms with Crippen molar-refractivity contribution in [2.75, 3.05) is 13.1 Å². The average molecular weight is 429 g/mol. The lowest BCUT2D eigenvalue weighted by Gasteiger charge is -2.25. The molecule has 1 heterocycles. The van der Waals surface area contributed by atoms with Crippen LogP contribution < -0.4 is 5.32 Å². The smallest absolute Gasteiger partial charge is 0.251 e. The van der Waals surface area contributed by atoms with Crippen molar-refractivity contribution in [2.24, 2.45) is 0 Å². The molecule has 1 aliphatic heterocycles. The van der Waals surface area contributed by atoms with E-state index in [1.165, 1.54) is 11.1 Å². The van der Waals surface area contributed by atoms with E-state index in [1.807, 2.05) is 6.92 Å². The number of piperidine rings is 1. The van der Waals surface area contributed by atoms with Gasteiger partial charge in [-0.1, -0.05) is 30.7 Å². The molecule has 0 spiro atoms. The summed E-state index contributed by atoms with van der Waals surface area (Å²) in [4.78, 5) is 12.7. The fourth-order valence-corrected chi connectivity index (χ4v) is 5.62. The van der Waals surface area contributed by atoms with Gasteiger partial charge in [0.15, 0.2) is 0 Å². The summed E-state index contributed by atoms with van der Waals surface area (Å²) in [5.74, 6) is -0.182. The third-order valence-electron chi connectivity index (χ3n) is 5.97. The number of nitrogens with one attached hydrogen (secondary N) is 1. The number of carbonyl (C=O) groups is 1. The summed E-state index contributed by atoms with van der Waals surface area (Å²) >= 11 is 0. The first-order valence-electron chi connectivity index (χ1n) is 10.6. The average Bonchev–Trinajstić information content (AvgIpc) is 2.71. The number of benzene rings is 2. The highest BCUT2D eigenvalue weighted by atomic mass is 32.2. The maximum atomic E-state index is 12.7. The van der Waals surface area contributed by atoms with Crippen LogP contribution in [-0.4, -0.2) is 31.7 Å².